The number of ether oxygens (including phenoxy) is 1. The molecule has 4 heteroatoms. The van der Waals surface area contributed by atoms with E-state index in [1.165, 1.54) is 25.7 Å². The highest BCUT2D eigenvalue weighted by atomic mass is 35.5. The van der Waals surface area contributed by atoms with Gasteiger partial charge in [0.05, 0.1) is 12.7 Å². The molecule has 1 aliphatic rings. The second kappa shape index (κ2) is 9.61. The maximum absolute atomic E-state index is 10.0. The highest BCUT2D eigenvalue weighted by Crippen LogP contribution is 2.15. The molecule has 1 rings (SSSR count). The van der Waals surface area contributed by atoms with Gasteiger partial charge in [0.25, 0.3) is 0 Å². The molecule has 0 radical (unpaired) electrons. The summed E-state index contributed by atoms with van der Waals surface area (Å²) in [5.74, 6) is 2.65. The molecule has 1 fully saturated rings. The molecule has 112 valence electrons. The van der Waals surface area contributed by atoms with Crippen LogP contribution in [-0.4, -0.2) is 48.0 Å². The molecule has 19 heavy (non-hydrogen) atoms. The van der Waals surface area contributed by atoms with Crippen molar-refractivity contribution in [2.24, 2.45) is 0 Å². The van der Waals surface area contributed by atoms with E-state index in [9.17, 15) is 5.11 Å². The number of nitrogens with zero attached hydrogens (tertiary/aromatic N) is 1. The molecule has 0 saturated carbocycles. The number of aliphatic hydroxyl groups is 1. The minimum absolute atomic E-state index is 0. The largest absolute Gasteiger partial charge is 0.389 e. The predicted octanol–water partition coefficient (Wildman–Crippen LogP) is 2.46. The Morgan fingerprint density at radius 1 is 1.32 bits per heavy atom. The van der Waals surface area contributed by atoms with E-state index in [0.29, 0.717) is 13.2 Å². The monoisotopic (exact) mass is 289 g/mol. The molecule has 1 N–H and O–H groups in total. The summed E-state index contributed by atoms with van der Waals surface area (Å²) in [5.41, 5.74) is -0.542. The lowest BCUT2D eigenvalue weighted by Crippen LogP contribution is -2.38. The van der Waals surface area contributed by atoms with Gasteiger partial charge >= 0.3 is 0 Å². The van der Waals surface area contributed by atoms with Gasteiger partial charge in [0, 0.05) is 6.54 Å². The van der Waals surface area contributed by atoms with Crippen molar-refractivity contribution >= 4 is 12.4 Å². The molecule has 0 spiro atoms. The van der Waals surface area contributed by atoms with Crippen molar-refractivity contribution in [1.82, 2.24) is 4.90 Å². The Balaban J connectivity index is 0.00000324. The van der Waals surface area contributed by atoms with Crippen LogP contribution < -0.4 is 0 Å². The van der Waals surface area contributed by atoms with E-state index < -0.39 is 11.7 Å². The summed E-state index contributed by atoms with van der Waals surface area (Å²) in [5, 5.41) is 10.0. The highest BCUT2D eigenvalue weighted by molar-refractivity contribution is 5.85. The maximum atomic E-state index is 10.0. The quantitative estimate of drug-likeness (QED) is 0.763. The molecule has 0 aromatic heterocycles. The van der Waals surface area contributed by atoms with Crippen LogP contribution in [0.25, 0.3) is 0 Å². The first-order valence-electron chi connectivity index (χ1n) is 7.12. The van der Waals surface area contributed by atoms with E-state index in [4.69, 9.17) is 11.2 Å². The van der Waals surface area contributed by atoms with Crippen LogP contribution in [0.5, 0.6) is 0 Å². The van der Waals surface area contributed by atoms with E-state index in [0.717, 1.165) is 19.5 Å². The van der Waals surface area contributed by atoms with E-state index >= 15 is 0 Å². The fourth-order valence-corrected chi connectivity index (χ4v) is 2.20. The molecule has 1 heterocycles. The number of hydrogen-bond acceptors (Lipinski definition) is 3. The van der Waals surface area contributed by atoms with E-state index in [1.807, 2.05) is 13.8 Å². The van der Waals surface area contributed by atoms with Crippen molar-refractivity contribution in [3.05, 3.63) is 0 Å². The third kappa shape index (κ3) is 7.17. The fourth-order valence-electron chi connectivity index (χ4n) is 2.20. The van der Waals surface area contributed by atoms with Crippen molar-refractivity contribution in [3.63, 3.8) is 0 Å². The van der Waals surface area contributed by atoms with Crippen molar-refractivity contribution in [1.29, 1.82) is 0 Å². The molecule has 0 aromatic rings. The zero-order valence-corrected chi connectivity index (χ0v) is 13.0. The van der Waals surface area contributed by atoms with E-state index in [-0.39, 0.29) is 12.4 Å². The minimum Gasteiger partial charge on any atom is -0.389 e. The third-order valence-electron chi connectivity index (χ3n) is 3.74. The SMILES string of the molecule is C#CC(C)(CC)OCC(O)CN1CCCCCC1.Cl. The molecule has 2 atom stereocenters. The number of aliphatic hydroxyl groups excluding tert-OH is 1. The predicted molar refractivity (Wildman–Crippen MR) is 81.6 cm³/mol. The average molecular weight is 290 g/mol. The van der Waals surface area contributed by atoms with Crippen LogP contribution in [-0.2, 0) is 4.74 Å². The Morgan fingerprint density at radius 2 is 1.89 bits per heavy atom. The van der Waals surface area contributed by atoms with E-state index in [1.54, 1.807) is 0 Å². The molecule has 1 saturated heterocycles. The third-order valence-corrected chi connectivity index (χ3v) is 3.74. The molecule has 1 aliphatic heterocycles. The summed E-state index contributed by atoms with van der Waals surface area (Å²) in [6.45, 7) is 7.11. The number of hydrogen-bond donors (Lipinski definition) is 1. The summed E-state index contributed by atoms with van der Waals surface area (Å²) in [6, 6.07) is 0. The van der Waals surface area contributed by atoms with Crippen molar-refractivity contribution in [2.45, 2.75) is 57.7 Å². The van der Waals surface area contributed by atoms with Gasteiger partial charge in [-0.25, -0.2) is 0 Å². The highest BCUT2D eigenvalue weighted by Gasteiger charge is 2.22. The number of likely N-dealkylation sites (tertiary alicyclic amines) is 1. The zero-order chi connectivity index (χ0) is 13.4. The summed E-state index contributed by atoms with van der Waals surface area (Å²) >= 11 is 0. The van der Waals surface area contributed by atoms with Gasteiger partial charge in [0.1, 0.15) is 5.60 Å². The fraction of sp³-hybridized carbons (Fsp3) is 0.867. The smallest absolute Gasteiger partial charge is 0.125 e. The Labute approximate surface area is 124 Å². The molecule has 2 unspecified atom stereocenters. The second-order valence-electron chi connectivity index (χ2n) is 5.41. The van der Waals surface area contributed by atoms with E-state index in [2.05, 4.69) is 10.8 Å². The van der Waals surface area contributed by atoms with Crippen molar-refractivity contribution in [2.75, 3.05) is 26.2 Å². The minimum atomic E-state index is -0.542. The van der Waals surface area contributed by atoms with Gasteiger partial charge in [-0.3, -0.25) is 0 Å². The number of β-amino-alcohol motifs (C(OH)–C–C–N with tert-alkyl or cyclic N) is 1. The second-order valence-corrected chi connectivity index (χ2v) is 5.41. The van der Waals surface area contributed by atoms with Crippen molar-refractivity contribution in [3.8, 4) is 12.3 Å². The Bertz CT molecular complexity index is 272. The Kier molecular flexibility index (Phi) is 9.47. The van der Waals surface area contributed by atoms with Crippen LogP contribution in [0, 0.1) is 12.3 Å². The van der Waals surface area contributed by atoms with Gasteiger partial charge in [0.2, 0.25) is 0 Å². The number of halogens is 1. The van der Waals surface area contributed by atoms with Gasteiger partial charge in [-0.05, 0) is 39.3 Å². The van der Waals surface area contributed by atoms with Crippen LogP contribution in [0.2, 0.25) is 0 Å². The lowest BCUT2D eigenvalue weighted by atomic mass is 10.1. The summed E-state index contributed by atoms with van der Waals surface area (Å²) in [7, 11) is 0. The molecule has 0 aromatic carbocycles. The zero-order valence-electron chi connectivity index (χ0n) is 12.2. The topological polar surface area (TPSA) is 32.7 Å². The van der Waals surface area contributed by atoms with Crippen LogP contribution in [0.15, 0.2) is 0 Å². The lowest BCUT2D eigenvalue weighted by molar-refractivity contribution is -0.0468. The molecular formula is C15H28ClNO2. The molecule has 3 nitrogen and oxygen atoms in total. The average Bonchev–Trinajstić information content (AvgIpc) is 2.64. The first-order chi connectivity index (χ1) is 8.59. The summed E-state index contributed by atoms with van der Waals surface area (Å²) in [6.07, 6.45) is 10.9. The molecule has 0 bridgehead atoms. The standard InChI is InChI=1S/C15H27NO2.ClH/c1-4-15(3,5-2)18-13-14(17)12-16-10-8-6-7-9-11-16;/h1,14,17H,5-13H2,2-3H3;1H. The van der Waals surface area contributed by atoms with Crippen LogP contribution in [0.4, 0.5) is 0 Å². The lowest BCUT2D eigenvalue weighted by Gasteiger charge is -2.27. The van der Waals surface area contributed by atoms with Crippen LogP contribution >= 0.6 is 12.4 Å². The number of rotatable bonds is 6. The van der Waals surface area contributed by atoms with Crippen molar-refractivity contribution < 1.29 is 9.84 Å². The van der Waals surface area contributed by atoms with Crippen LogP contribution in [0.3, 0.4) is 0 Å². The van der Waals surface area contributed by atoms with Gasteiger partial charge in [-0.15, -0.1) is 18.8 Å². The summed E-state index contributed by atoms with van der Waals surface area (Å²) < 4.78 is 5.65. The van der Waals surface area contributed by atoms with Gasteiger partial charge < -0.3 is 14.7 Å². The first-order valence-corrected chi connectivity index (χ1v) is 7.12. The van der Waals surface area contributed by atoms with Gasteiger partial charge in [-0.2, -0.15) is 0 Å². The molecule has 0 amide bonds. The molecular weight excluding hydrogens is 262 g/mol. The summed E-state index contributed by atoms with van der Waals surface area (Å²) in [4.78, 5) is 2.33. The Morgan fingerprint density at radius 3 is 2.37 bits per heavy atom. The van der Waals surface area contributed by atoms with Gasteiger partial charge in [0.15, 0.2) is 0 Å². The maximum Gasteiger partial charge on any atom is 0.125 e. The molecule has 0 aliphatic carbocycles. The van der Waals surface area contributed by atoms with Crippen LogP contribution in [0.1, 0.15) is 46.0 Å². The first kappa shape index (κ1) is 18.7. The van der Waals surface area contributed by atoms with Gasteiger partial charge in [-0.1, -0.05) is 25.7 Å². The normalized spacial score (nSPS) is 21.6. The Hall–Kier alpha value is -0.270. The number of terminal acetylenes is 1.